The van der Waals surface area contributed by atoms with Gasteiger partial charge >= 0.3 is 6.03 Å². The second kappa shape index (κ2) is 4.21. The van der Waals surface area contributed by atoms with Crippen LogP contribution < -0.4 is 16.6 Å². The Bertz CT molecular complexity index is 273. The summed E-state index contributed by atoms with van der Waals surface area (Å²) in [4.78, 5) is 14.6. The van der Waals surface area contributed by atoms with Crippen molar-refractivity contribution in [2.45, 2.75) is 0 Å². The monoisotopic (exact) mass is 278 g/mol. The molecule has 0 saturated heterocycles. The molecule has 2 amide bonds. The van der Waals surface area contributed by atoms with Crippen molar-refractivity contribution >= 4 is 34.4 Å². The fraction of sp³-hybridized carbons (Fsp3) is 0. The SMILES string of the molecule is NNC(=O)Nc1ccc(I)cn1. The highest BCUT2D eigenvalue weighted by Gasteiger charge is 1.98. The summed E-state index contributed by atoms with van der Waals surface area (Å²) in [7, 11) is 0. The molecule has 0 aliphatic carbocycles. The second-order valence-electron chi connectivity index (χ2n) is 1.96. The van der Waals surface area contributed by atoms with E-state index >= 15 is 0 Å². The summed E-state index contributed by atoms with van der Waals surface area (Å²) >= 11 is 2.12. The Morgan fingerprint density at radius 2 is 2.33 bits per heavy atom. The number of hydrogen-bond donors (Lipinski definition) is 3. The molecule has 1 aromatic rings. The van der Waals surface area contributed by atoms with Gasteiger partial charge in [0.2, 0.25) is 0 Å². The van der Waals surface area contributed by atoms with E-state index in [1.165, 1.54) is 0 Å². The number of carbonyl (C=O) groups excluding carboxylic acids is 1. The van der Waals surface area contributed by atoms with Gasteiger partial charge in [-0.05, 0) is 34.7 Å². The van der Waals surface area contributed by atoms with Gasteiger partial charge in [-0.25, -0.2) is 15.6 Å². The lowest BCUT2D eigenvalue weighted by atomic mass is 10.5. The highest BCUT2D eigenvalue weighted by Crippen LogP contribution is 2.06. The van der Waals surface area contributed by atoms with Gasteiger partial charge in [0.25, 0.3) is 0 Å². The molecule has 0 unspecified atom stereocenters. The average Bonchev–Trinajstić information content (AvgIpc) is 2.09. The minimum Gasteiger partial charge on any atom is -0.291 e. The van der Waals surface area contributed by atoms with Crippen LogP contribution >= 0.6 is 22.6 Å². The smallest absolute Gasteiger partial charge is 0.291 e. The summed E-state index contributed by atoms with van der Waals surface area (Å²) in [6.45, 7) is 0. The quantitative estimate of drug-likeness (QED) is 0.306. The largest absolute Gasteiger partial charge is 0.334 e. The molecular formula is C6H7IN4O. The molecule has 0 bridgehead atoms. The highest BCUT2D eigenvalue weighted by molar-refractivity contribution is 14.1. The maximum absolute atomic E-state index is 10.7. The zero-order valence-corrected chi connectivity index (χ0v) is 8.20. The molecule has 0 saturated carbocycles. The van der Waals surface area contributed by atoms with E-state index in [0.29, 0.717) is 5.82 Å². The Labute approximate surface area is 82.8 Å². The summed E-state index contributed by atoms with van der Waals surface area (Å²) in [5, 5.41) is 2.43. The van der Waals surface area contributed by atoms with Gasteiger partial charge in [0, 0.05) is 9.77 Å². The number of pyridine rings is 1. The van der Waals surface area contributed by atoms with E-state index in [-0.39, 0.29) is 0 Å². The van der Waals surface area contributed by atoms with Crippen LogP contribution in [0.5, 0.6) is 0 Å². The zero-order chi connectivity index (χ0) is 8.97. The summed E-state index contributed by atoms with van der Waals surface area (Å²) in [6, 6.07) is 3.04. The van der Waals surface area contributed by atoms with E-state index in [1.807, 2.05) is 11.5 Å². The summed E-state index contributed by atoms with van der Waals surface area (Å²) in [6.07, 6.45) is 1.65. The third-order valence-corrected chi connectivity index (χ3v) is 1.74. The highest BCUT2D eigenvalue weighted by atomic mass is 127. The number of nitrogens with one attached hydrogen (secondary N) is 2. The van der Waals surface area contributed by atoms with Crippen LogP contribution in [0.3, 0.4) is 0 Å². The minimum atomic E-state index is -0.483. The van der Waals surface area contributed by atoms with Crippen LogP contribution in [0, 0.1) is 3.57 Å². The first-order valence-electron chi connectivity index (χ1n) is 3.11. The van der Waals surface area contributed by atoms with Crippen molar-refractivity contribution in [2.24, 2.45) is 5.84 Å². The standard InChI is InChI=1S/C6H7IN4O/c7-4-1-2-5(9-3-4)10-6(12)11-8/h1-3H,8H2,(H2,9,10,11,12). The van der Waals surface area contributed by atoms with E-state index in [0.717, 1.165) is 3.57 Å². The van der Waals surface area contributed by atoms with Gasteiger partial charge in [-0.3, -0.25) is 10.7 Å². The Hall–Kier alpha value is -0.890. The number of aromatic nitrogens is 1. The Morgan fingerprint density at radius 1 is 1.58 bits per heavy atom. The van der Waals surface area contributed by atoms with Gasteiger partial charge in [0.05, 0.1) is 0 Å². The van der Waals surface area contributed by atoms with Crippen LogP contribution in [-0.4, -0.2) is 11.0 Å². The average molecular weight is 278 g/mol. The fourth-order valence-electron chi connectivity index (χ4n) is 0.602. The van der Waals surface area contributed by atoms with Crippen molar-refractivity contribution in [2.75, 3.05) is 5.32 Å². The van der Waals surface area contributed by atoms with Crippen LogP contribution in [0.4, 0.5) is 10.6 Å². The van der Waals surface area contributed by atoms with Crippen LogP contribution in [-0.2, 0) is 0 Å². The number of amides is 2. The fourth-order valence-corrected chi connectivity index (χ4v) is 0.921. The number of carbonyl (C=O) groups is 1. The van der Waals surface area contributed by atoms with Crippen LogP contribution in [0.15, 0.2) is 18.3 Å². The molecule has 1 aromatic heterocycles. The zero-order valence-electron chi connectivity index (χ0n) is 6.04. The number of hydrogen-bond acceptors (Lipinski definition) is 3. The van der Waals surface area contributed by atoms with Crippen molar-refractivity contribution < 1.29 is 4.79 Å². The van der Waals surface area contributed by atoms with E-state index in [4.69, 9.17) is 5.84 Å². The molecule has 5 nitrogen and oxygen atoms in total. The van der Waals surface area contributed by atoms with Gasteiger partial charge in [0.15, 0.2) is 0 Å². The Morgan fingerprint density at radius 3 is 2.83 bits per heavy atom. The second-order valence-corrected chi connectivity index (χ2v) is 3.21. The maximum Gasteiger partial charge on any atom is 0.334 e. The van der Waals surface area contributed by atoms with E-state index in [2.05, 4.69) is 32.9 Å². The van der Waals surface area contributed by atoms with Crippen molar-refractivity contribution in [3.63, 3.8) is 0 Å². The van der Waals surface area contributed by atoms with Gasteiger partial charge in [0.1, 0.15) is 5.82 Å². The first-order valence-corrected chi connectivity index (χ1v) is 4.19. The van der Waals surface area contributed by atoms with Gasteiger partial charge in [-0.2, -0.15) is 0 Å². The summed E-state index contributed by atoms with van der Waals surface area (Å²) < 4.78 is 1.01. The molecule has 0 spiro atoms. The number of halogens is 1. The Balaban J connectivity index is 2.64. The molecule has 1 rings (SSSR count). The number of urea groups is 1. The van der Waals surface area contributed by atoms with Crippen LogP contribution in [0.25, 0.3) is 0 Å². The first kappa shape index (κ1) is 9.20. The molecule has 0 aliphatic rings. The molecule has 12 heavy (non-hydrogen) atoms. The molecule has 64 valence electrons. The van der Waals surface area contributed by atoms with Gasteiger partial charge < -0.3 is 0 Å². The topological polar surface area (TPSA) is 80.0 Å². The third-order valence-electron chi connectivity index (χ3n) is 1.10. The predicted molar refractivity (Wildman–Crippen MR) is 53.3 cm³/mol. The molecule has 1 heterocycles. The Kier molecular flexibility index (Phi) is 3.23. The summed E-state index contributed by atoms with van der Waals surface area (Å²) in [5.41, 5.74) is 1.94. The molecule has 6 heteroatoms. The molecular weight excluding hydrogens is 271 g/mol. The normalized spacial score (nSPS) is 9.17. The number of rotatable bonds is 1. The van der Waals surface area contributed by atoms with E-state index in [1.54, 1.807) is 12.3 Å². The van der Waals surface area contributed by atoms with E-state index < -0.39 is 6.03 Å². The first-order chi connectivity index (χ1) is 5.72. The van der Waals surface area contributed by atoms with Crippen LogP contribution in [0.1, 0.15) is 0 Å². The van der Waals surface area contributed by atoms with Crippen molar-refractivity contribution in [3.05, 3.63) is 21.9 Å². The molecule has 0 aromatic carbocycles. The van der Waals surface area contributed by atoms with Crippen molar-refractivity contribution in [1.29, 1.82) is 0 Å². The third kappa shape index (κ3) is 2.62. The molecule has 0 radical (unpaired) electrons. The lowest BCUT2D eigenvalue weighted by Crippen LogP contribution is -2.34. The predicted octanol–water partition coefficient (Wildman–Crippen LogP) is 0.681. The minimum absolute atomic E-state index is 0.471. The van der Waals surface area contributed by atoms with Gasteiger partial charge in [-0.1, -0.05) is 0 Å². The molecule has 4 N–H and O–H groups in total. The maximum atomic E-state index is 10.7. The number of anilines is 1. The van der Waals surface area contributed by atoms with Gasteiger partial charge in [-0.15, -0.1) is 0 Å². The molecule has 0 atom stereocenters. The van der Waals surface area contributed by atoms with Crippen molar-refractivity contribution in [3.8, 4) is 0 Å². The van der Waals surface area contributed by atoms with E-state index in [9.17, 15) is 4.79 Å². The number of nitrogens with zero attached hydrogens (tertiary/aromatic N) is 1. The van der Waals surface area contributed by atoms with Crippen molar-refractivity contribution in [1.82, 2.24) is 10.4 Å². The number of nitrogens with two attached hydrogens (primary N) is 1. The summed E-state index contributed by atoms with van der Waals surface area (Å²) in [5.74, 6) is 5.33. The van der Waals surface area contributed by atoms with Crippen LogP contribution in [0.2, 0.25) is 0 Å². The molecule has 0 aliphatic heterocycles. The molecule has 0 fully saturated rings. The lowest BCUT2D eigenvalue weighted by Gasteiger charge is -2.01. The lowest BCUT2D eigenvalue weighted by molar-refractivity contribution is 0.252. The number of hydrazine groups is 1.